The number of nitrogens with zero attached hydrogens (tertiary/aromatic N) is 2. The Kier molecular flexibility index (Phi) is 6.15. The summed E-state index contributed by atoms with van der Waals surface area (Å²) in [4.78, 5) is 23.7. The predicted molar refractivity (Wildman–Crippen MR) is 106 cm³/mol. The second kappa shape index (κ2) is 7.92. The molecule has 0 unspecified atom stereocenters. The van der Waals surface area contributed by atoms with Crippen LogP contribution in [-0.2, 0) is 0 Å². The molecule has 1 aromatic carbocycles. The van der Waals surface area contributed by atoms with Gasteiger partial charge in [-0.15, -0.1) is 11.8 Å². The van der Waals surface area contributed by atoms with E-state index in [9.17, 15) is 4.79 Å². The Morgan fingerprint density at radius 3 is 2.83 bits per heavy atom. The summed E-state index contributed by atoms with van der Waals surface area (Å²) in [7, 11) is 0. The van der Waals surface area contributed by atoms with Crippen molar-refractivity contribution in [3.63, 3.8) is 0 Å². The van der Waals surface area contributed by atoms with E-state index in [2.05, 4.69) is 20.3 Å². The zero-order valence-corrected chi connectivity index (χ0v) is 15.7. The fourth-order valence-corrected chi connectivity index (χ4v) is 2.87. The van der Waals surface area contributed by atoms with Crippen molar-refractivity contribution in [3.05, 3.63) is 57.5 Å². The summed E-state index contributed by atoms with van der Waals surface area (Å²) in [6.07, 6.45) is 3.64. The number of thioether (sulfide) groups is 1. The van der Waals surface area contributed by atoms with Crippen molar-refractivity contribution in [2.45, 2.75) is 18.0 Å². The van der Waals surface area contributed by atoms with Gasteiger partial charge in [0.1, 0.15) is 5.03 Å². The van der Waals surface area contributed by atoms with Gasteiger partial charge in [0.05, 0.1) is 6.04 Å². The van der Waals surface area contributed by atoms with Crippen LogP contribution in [0.15, 0.2) is 46.3 Å². The standard InChI is InChI=1S/C16H15ClN4OS.H2S/c1-9(19-16-18-6-5-14(21-16)23-2)12-8-10-7-11(17)3-4-13(10)20-15(12)22;/h3-9H,1-2H3,(H,20,22)(H,18,19,21);1H2/t9-;/m0./s1. The molecule has 0 aliphatic heterocycles. The van der Waals surface area contributed by atoms with Gasteiger partial charge in [0.15, 0.2) is 0 Å². The van der Waals surface area contributed by atoms with Crippen LogP contribution in [0.25, 0.3) is 10.9 Å². The van der Waals surface area contributed by atoms with E-state index in [0.29, 0.717) is 16.5 Å². The Labute approximate surface area is 155 Å². The Morgan fingerprint density at radius 1 is 1.29 bits per heavy atom. The van der Waals surface area contributed by atoms with E-state index in [4.69, 9.17) is 11.6 Å². The van der Waals surface area contributed by atoms with Crippen molar-refractivity contribution in [2.24, 2.45) is 0 Å². The average Bonchev–Trinajstić information content (AvgIpc) is 2.54. The van der Waals surface area contributed by atoms with Gasteiger partial charge >= 0.3 is 0 Å². The van der Waals surface area contributed by atoms with Gasteiger partial charge in [-0.3, -0.25) is 4.79 Å². The molecule has 0 aliphatic carbocycles. The van der Waals surface area contributed by atoms with Crippen LogP contribution in [0.1, 0.15) is 18.5 Å². The Hall–Kier alpha value is -1.70. The van der Waals surface area contributed by atoms with E-state index >= 15 is 0 Å². The zero-order chi connectivity index (χ0) is 16.4. The van der Waals surface area contributed by atoms with Gasteiger partial charge in [-0.2, -0.15) is 13.5 Å². The van der Waals surface area contributed by atoms with Gasteiger partial charge in [0.2, 0.25) is 5.95 Å². The van der Waals surface area contributed by atoms with E-state index in [-0.39, 0.29) is 25.1 Å². The minimum absolute atomic E-state index is 0. The van der Waals surface area contributed by atoms with Gasteiger partial charge in [-0.1, -0.05) is 11.6 Å². The lowest BCUT2D eigenvalue weighted by molar-refractivity contribution is 0.837. The maximum Gasteiger partial charge on any atom is 0.253 e. The van der Waals surface area contributed by atoms with Crippen LogP contribution in [0.3, 0.4) is 0 Å². The third kappa shape index (κ3) is 4.03. The van der Waals surface area contributed by atoms with Gasteiger partial charge in [-0.25, -0.2) is 9.97 Å². The van der Waals surface area contributed by atoms with Crippen LogP contribution < -0.4 is 10.9 Å². The van der Waals surface area contributed by atoms with Gasteiger partial charge < -0.3 is 10.3 Å². The number of anilines is 1. The van der Waals surface area contributed by atoms with E-state index in [1.54, 1.807) is 18.3 Å². The summed E-state index contributed by atoms with van der Waals surface area (Å²) in [5.41, 5.74) is 1.23. The number of hydrogen-bond donors (Lipinski definition) is 2. The number of benzene rings is 1. The van der Waals surface area contributed by atoms with E-state index in [0.717, 1.165) is 15.9 Å². The molecule has 24 heavy (non-hydrogen) atoms. The van der Waals surface area contributed by atoms with Crippen molar-refractivity contribution in [1.82, 2.24) is 15.0 Å². The number of halogens is 1. The summed E-state index contributed by atoms with van der Waals surface area (Å²) < 4.78 is 0. The Bertz CT molecular complexity index is 916. The minimum Gasteiger partial charge on any atom is -0.347 e. The highest BCUT2D eigenvalue weighted by atomic mass is 35.5. The van der Waals surface area contributed by atoms with Crippen LogP contribution >= 0.6 is 36.9 Å². The summed E-state index contributed by atoms with van der Waals surface area (Å²) >= 11 is 7.56. The molecular formula is C16H17ClN4OS2. The molecule has 2 heterocycles. The van der Waals surface area contributed by atoms with Gasteiger partial charge in [0.25, 0.3) is 5.56 Å². The molecule has 2 aromatic heterocycles. The molecule has 0 aliphatic rings. The highest BCUT2D eigenvalue weighted by Crippen LogP contribution is 2.21. The molecule has 3 rings (SSSR count). The topological polar surface area (TPSA) is 70.7 Å². The smallest absolute Gasteiger partial charge is 0.253 e. The molecular weight excluding hydrogens is 364 g/mol. The number of rotatable bonds is 4. The van der Waals surface area contributed by atoms with Crippen molar-refractivity contribution >= 4 is 53.7 Å². The molecule has 1 atom stereocenters. The Balaban J connectivity index is 0.00000208. The van der Waals surface area contributed by atoms with Crippen molar-refractivity contribution in [1.29, 1.82) is 0 Å². The molecule has 8 heteroatoms. The SMILES string of the molecule is CSc1ccnc(N[C@@H](C)c2cc3cc(Cl)ccc3[nH]c2=O)n1.S. The van der Waals surface area contributed by atoms with E-state index < -0.39 is 0 Å². The number of aromatic amines is 1. The largest absolute Gasteiger partial charge is 0.347 e. The molecule has 0 fully saturated rings. The van der Waals surface area contributed by atoms with Crippen LogP contribution in [0.2, 0.25) is 5.02 Å². The third-order valence-corrected chi connectivity index (χ3v) is 4.37. The van der Waals surface area contributed by atoms with Crippen LogP contribution in [0.5, 0.6) is 0 Å². The second-order valence-electron chi connectivity index (χ2n) is 5.07. The monoisotopic (exact) mass is 380 g/mol. The molecule has 0 saturated heterocycles. The average molecular weight is 381 g/mol. The van der Waals surface area contributed by atoms with Crippen molar-refractivity contribution < 1.29 is 0 Å². The molecule has 0 bridgehead atoms. The molecule has 0 saturated carbocycles. The predicted octanol–water partition coefficient (Wildman–Crippen LogP) is 3.98. The lowest BCUT2D eigenvalue weighted by Gasteiger charge is -2.14. The second-order valence-corrected chi connectivity index (χ2v) is 6.34. The van der Waals surface area contributed by atoms with Crippen LogP contribution in [-0.4, -0.2) is 21.2 Å². The normalized spacial score (nSPS) is 11.8. The zero-order valence-electron chi connectivity index (χ0n) is 13.1. The number of H-pyrrole nitrogens is 1. The lowest BCUT2D eigenvalue weighted by atomic mass is 10.1. The quantitative estimate of drug-likeness (QED) is 0.529. The first-order valence-corrected chi connectivity index (χ1v) is 8.63. The lowest BCUT2D eigenvalue weighted by Crippen LogP contribution is -2.20. The summed E-state index contributed by atoms with van der Waals surface area (Å²) in [5, 5.41) is 5.55. The molecule has 5 nitrogen and oxygen atoms in total. The molecule has 0 spiro atoms. The Morgan fingerprint density at radius 2 is 2.08 bits per heavy atom. The number of hydrogen-bond acceptors (Lipinski definition) is 5. The van der Waals surface area contributed by atoms with E-state index in [1.165, 1.54) is 11.8 Å². The van der Waals surface area contributed by atoms with Gasteiger partial charge in [-0.05, 0) is 43.5 Å². The summed E-state index contributed by atoms with van der Waals surface area (Å²) in [6.45, 7) is 1.90. The fraction of sp³-hybridized carbons (Fsp3) is 0.188. The highest BCUT2D eigenvalue weighted by Gasteiger charge is 2.13. The number of nitrogens with one attached hydrogen (secondary N) is 2. The molecule has 0 amide bonds. The summed E-state index contributed by atoms with van der Waals surface area (Å²) in [6, 6.07) is 8.82. The van der Waals surface area contributed by atoms with Crippen molar-refractivity contribution in [2.75, 3.05) is 11.6 Å². The number of pyridine rings is 1. The first-order valence-electron chi connectivity index (χ1n) is 7.03. The molecule has 0 radical (unpaired) electrons. The van der Waals surface area contributed by atoms with E-state index in [1.807, 2.05) is 31.4 Å². The highest BCUT2D eigenvalue weighted by molar-refractivity contribution is 7.98. The first-order chi connectivity index (χ1) is 11.1. The van der Waals surface area contributed by atoms with Crippen molar-refractivity contribution in [3.8, 4) is 0 Å². The fourth-order valence-electron chi connectivity index (χ4n) is 2.31. The summed E-state index contributed by atoms with van der Waals surface area (Å²) in [5.74, 6) is 0.495. The maximum atomic E-state index is 12.3. The first kappa shape index (κ1) is 18.6. The molecule has 126 valence electrons. The maximum absolute atomic E-state index is 12.3. The number of aromatic nitrogens is 3. The van der Waals surface area contributed by atoms with Gasteiger partial charge in [0, 0.05) is 27.7 Å². The minimum atomic E-state index is -0.237. The third-order valence-electron chi connectivity index (χ3n) is 3.49. The molecule has 3 aromatic rings. The number of fused-ring (bicyclic) bond motifs is 1. The molecule has 2 N–H and O–H groups in total. The van der Waals surface area contributed by atoms with Crippen LogP contribution in [0, 0.1) is 0 Å². The van der Waals surface area contributed by atoms with Crippen LogP contribution in [0.4, 0.5) is 5.95 Å².